The summed E-state index contributed by atoms with van der Waals surface area (Å²) in [7, 11) is 0. The molecule has 0 saturated carbocycles. The molecule has 9 heteroatoms. The molecular weight excluding hydrogens is 348 g/mol. The van der Waals surface area contributed by atoms with E-state index in [1.807, 2.05) is 0 Å². The van der Waals surface area contributed by atoms with Crippen LogP contribution >= 0.6 is 11.8 Å². The number of nitrogens with zero attached hydrogens (tertiary/aromatic N) is 2. The van der Waals surface area contributed by atoms with E-state index in [9.17, 15) is 24.8 Å². The van der Waals surface area contributed by atoms with Gasteiger partial charge in [0.1, 0.15) is 18.5 Å². The summed E-state index contributed by atoms with van der Waals surface area (Å²) >= 11 is 1.67. The van der Waals surface area contributed by atoms with E-state index in [2.05, 4.69) is 0 Å². The van der Waals surface area contributed by atoms with E-state index >= 15 is 0 Å². The highest BCUT2D eigenvalue weighted by atomic mass is 32.2. The first kappa shape index (κ1) is 17.7. The molecule has 8 nitrogen and oxygen atoms in total. The number of carbonyl (C=O) groups is 2. The van der Waals surface area contributed by atoms with E-state index in [0.29, 0.717) is 12.2 Å². The third-order valence-electron chi connectivity index (χ3n) is 4.46. The van der Waals surface area contributed by atoms with E-state index in [4.69, 9.17) is 4.74 Å². The highest BCUT2D eigenvalue weighted by Crippen LogP contribution is 2.44. The first-order chi connectivity index (χ1) is 11.9. The van der Waals surface area contributed by atoms with Gasteiger partial charge in [0.05, 0.1) is 22.9 Å². The molecule has 2 atom stereocenters. The van der Waals surface area contributed by atoms with Crippen molar-refractivity contribution < 1.29 is 24.4 Å². The number of non-ortho nitro benzene ring substituents is 1. The van der Waals surface area contributed by atoms with Gasteiger partial charge in [-0.15, -0.1) is 0 Å². The molecule has 2 fully saturated rings. The van der Waals surface area contributed by atoms with Crippen LogP contribution in [-0.4, -0.2) is 57.5 Å². The predicted molar refractivity (Wildman–Crippen MR) is 90.3 cm³/mol. The Morgan fingerprint density at radius 2 is 2.24 bits per heavy atom. The Morgan fingerprint density at radius 3 is 2.92 bits per heavy atom. The summed E-state index contributed by atoms with van der Waals surface area (Å²) < 4.78 is 5.35. The molecule has 0 bridgehead atoms. The van der Waals surface area contributed by atoms with E-state index in [0.717, 1.165) is 10.7 Å². The lowest BCUT2D eigenvalue weighted by molar-refractivity contribution is -0.384. The number of likely N-dealkylation sites (tertiary alicyclic amines) is 1. The molecular formula is C16H18N2O6S. The van der Waals surface area contributed by atoms with Crippen molar-refractivity contribution >= 4 is 29.3 Å². The lowest BCUT2D eigenvalue weighted by Gasteiger charge is -2.22. The fraction of sp³-hybridized carbons (Fsp3) is 0.500. The number of imide groups is 1. The Hall–Kier alpha value is -2.13. The molecule has 0 radical (unpaired) electrons. The van der Waals surface area contributed by atoms with Crippen LogP contribution in [0.3, 0.4) is 0 Å². The summed E-state index contributed by atoms with van der Waals surface area (Å²) in [5.74, 6) is 1.29. The van der Waals surface area contributed by atoms with Crippen LogP contribution in [-0.2, 0) is 9.59 Å². The minimum absolute atomic E-state index is 0.113. The molecule has 2 saturated heterocycles. The summed E-state index contributed by atoms with van der Waals surface area (Å²) in [5, 5.41) is 20.8. The fourth-order valence-corrected chi connectivity index (χ4v) is 4.54. The smallest absolute Gasteiger partial charge is 0.273 e. The van der Waals surface area contributed by atoms with Gasteiger partial charge in [0.2, 0.25) is 11.8 Å². The molecule has 2 unspecified atom stereocenters. The van der Waals surface area contributed by atoms with E-state index in [1.54, 1.807) is 11.8 Å². The van der Waals surface area contributed by atoms with Crippen molar-refractivity contribution in [2.24, 2.45) is 5.41 Å². The number of nitro groups is 1. The Bertz CT molecular complexity index is 704. The van der Waals surface area contributed by atoms with E-state index < -0.39 is 16.4 Å². The third-order valence-corrected chi connectivity index (χ3v) is 5.71. The topological polar surface area (TPSA) is 110 Å². The van der Waals surface area contributed by atoms with Crippen molar-refractivity contribution in [2.75, 3.05) is 24.7 Å². The quantitative estimate of drug-likeness (QED) is 0.458. The Balaban J connectivity index is 1.57. The molecule has 2 aliphatic rings. The van der Waals surface area contributed by atoms with E-state index in [1.165, 1.54) is 24.3 Å². The van der Waals surface area contributed by atoms with Gasteiger partial charge in [-0.25, -0.2) is 0 Å². The highest BCUT2D eigenvalue weighted by Gasteiger charge is 2.53. The SMILES string of the molecule is O=C1CC2(CCSC2)C(=O)N1CC(O)COc1cccc([N+](=O)[O-])c1. The number of thioether (sulfide) groups is 1. The monoisotopic (exact) mass is 366 g/mol. The maximum atomic E-state index is 12.5. The van der Waals surface area contributed by atoms with E-state index in [-0.39, 0.29) is 42.8 Å². The number of hydrogen-bond donors (Lipinski definition) is 1. The number of carbonyl (C=O) groups excluding carboxylic acids is 2. The van der Waals surface area contributed by atoms with Crippen LogP contribution in [0.5, 0.6) is 5.75 Å². The van der Waals surface area contributed by atoms with Gasteiger partial charge in [0.15, 0.2) is 0 Å². The maximum Gasteiger partial charge on any atom is 0.273 e. The Kier molecular flexibility index (Phi) is 4.96. The molecule has 1 spiro atoms. The zero-order chi connectivity index (χ0) is 18.0. The van der Waals surface area contributed by atoms with Gasteiger partial charge in [-0.1, -0.05) is 6.07 Å². The molecule has 2 amide bonds. The van der Waals surface area contributed by atoms with Crippen LogP contribution in [0.1, 0.15) is 12.8 Å². The number of β-amino-alcohol motifs (C(OH)–C–C–N with tert-alkyl or cyclic N) is 1. The van der Waals surface area contributed by atoms with Gasteiger partial charge < -0.3 is 9.84 Å². The standard InChI is InChI=1S/C16H18N2O6S/c19-12(9-24-13-3-1-2-11(6-13)18(22)23)8-17-14(20)7-16(15(17)21)4-5-25-10-16/h1-3,6,12,19H,4-5,7-10H2. The first-order valence-corrected chi connectivity index (χ1v) is 9.05. The summed E-state index contributed by atoms with van der Waals surface area (Å²) in [5.41, 5.74) is -0.708. The zero-order valence-electron chi connectivity index (χ0n) is 13.4. The molecule has 0 aromatic heterocycles. The number of amides is 2. The van der Waals surface area contributed by atoms with Crippen LogP contribution in [0.4, 0.5) is 5.69 Å². The number of ether oxygens (including phenoxy) is 1. The minimum Gasteiger partial charge on any atom is -0.491 e. The van der Waals surface area contributed by atoms with Crippen molar-refractivity contribution in [1.29, 1.82) is 0 Å². The average molecular weight is 366 g/mol. The molecule has 3 rings (SSSR count). The molecule has 25 heavy (non-hydrogen) atoms. The van der Waals surface area contributed by atoms with Crippen molar-refractivity contribution in [1.82, 2.24) is 4.90 Å². The van der Waals surface area contributed by atoms with Crippen LogP contribution < -0.4 is 4.74 Å². The van der Waals surface area contributed by atoms with Gasteiger partial charge in [-0.3, -0.25) is 24.6 Å². The molecule has 2 aliphatic heterocycles. The van der Waals surface area contributed by atoms with Gasteiger partial charge in [-0.2, -0.15) is 11.8 Å². The van der Waals surface area contributed by atoms with Crippen molar-refractivity contribution in [3.05, 3.63) is 34.4 Å². The fourth-order valence-electron chi connectivity index (χ4n) is 3.10. The molecule has 1 aromatic rings. The van der Waals surface area contributed by atoms with Crippen LogP contribution in [0, 0.1) is 15.5 Å². The first-order valence-electron chi connectivity index (χ1n) is 7.89. The number of aliphatic hydroxyl groups is 1. The molecule has 0 aliphatic carbocycles. The van der Waals surface area contributed by atoms with Crippen LogP contribution in [0.25, 0.3) is 0 Å². The summed E-state index contributed by atoms with van der Waals surface area (Å²) in [4.78, 5) is 36.0. The van der Waals surface area contributed by atoms with Crippen molar-refractivity contribution in [3.8, 4) is 5.75 Å². The second kappa shape index (κ2) is 7.01. The number of benzene rings is 1. The predicted octanol–water partition coefficient (Wildman–Crippen LogP) is 1.22. The van der Waals surface area contributed by atoms with Gasteiger partial charge >= 0.3 is 0 Å². The molecule has 134 valence electrons. The number of aliphatic hydroxyl groups excluding tert-OH is 1. The second-order valence-electron chi connectivity index (χ2n) is 6.29. The molecule has 1 N–H and O–H groups in total. The largest absolute Gasteiger partial charge is 0.491 e. The number of rotatable bonds is 6. The Morgan fingerprint density at radius 1 is 1.44 bits per heavy atom. The summed E-state index contributed by atoms with van der Waals surface area (Å²) in [6.45, 7) is -0.293. The lowest BCUT2D eigenvalue weighted by Crippen LogP contribution is -2.41. The van der Waals surface area contributed by atoms with Crippen molar-refractivity contribution in [3.63, 3.8) is 0 Å². The lowest BCUT2D eigenvalue weighted by atomic mass is 9.86. The van der Waals surface area contributed by atoms with Gasteiger partial charge in [0.25, 0.3) is 5.69 Å². The van der Waals surface area contributed by atoms with Crippen LogP contribution in [0.2, 0.25) is 0 Å². The minimum atomic E-state index is -1.06. The second-order valence-corrected chi connectivity index (χ2v) is 7.39. The zero-order valence-corrected chi connectivity index (χ0v) is 14.2. The maximum absolute atomic E-state index is 12.5. The summed E-state index contributed by atoms with van der Waals surface area (Å²) in [6.07, 6.45) is -0.160. The third kappa shape index (κ3) is 3.62. The summed E-state index contributed by atoms with van der Waals surface area (Å²) in [6, 6.07) is 5.61. The van der Waals surface area contributed by atoms with Gasteiger partial charge in [-0.05, 0) is 18.2 Å². The van der Waals surface area contributed by atoms with Crippen LogP contribution in [0.15, 0.2) is 24.3 Å². The number of hydrogen-bond acceptors (Lipinski definition) is 7. The highest BCUT2D eigenvalue weighted by molar-refractivity contribution is 7.99. The average Bonchev–Trinajstić information content (AvgIpc) is 3.14. The Labute approximate surface area is 148 Å². The normalized spacial score (nSPS) is 24.1. The van der Waals surface area contributed by atoms with Crippen molar-refractivity contribution in [2.45, 2.75) is 18.9 Å². The molecule has 1 aromatic carbocycles. The van der Waals surface area contributed by atoms with Gasteiger partial charge in [0, 0.05) is 18.2 Å². The number of nitro benzene ring substituents is 1. The molecule has 2 heterocycles.